The molecule has 0 aliphatic rings. The van der Waals surface area contributed by atoms with Crippen LogP contribution in [0, 0.1) is 6.92 Å². The van der Waals surface area contributed by atoms with E-state index in [1.54, 1.807) is 12.4 Å². The molecule has 0 saturated heterocycles. The monoisotopic (exact) mass is 342 g/mol. The Morgan fingerprint density at radius 2 is 1.73 bits per heavy atom. The van der Waals surface area contributed by atoms with Gasteiger partial charge in [-0.1, -0.05) is 18.2 Å². The highest BCUT2D eigenvalue weighted by Gasteiger charge is 2.16. The van der Waals surface area contributed by atoms with Gasteiger partial charge in [0.2, 0.25) is 0 Å². The van der Waals surface area contributed by atoms with Gasteiger partial charge in [-0.15, -0.1) is 0 Å². The van der Waals surface area contributed by atoms with Crippen LogP contribution in [0.15, 0.2) is 73.2 Å². The van der Waals surface area contributed by atoms with Gasteiger partial charge in [0, 0.05) is 24.3 Å². The highest BCUT2D eigenvalue weighted by atomic mass is 16.2. The Hall–Kier alpha value is -3.47. The molecular formula is C21H18N4O. The molecule has 0 aliphatic heterocycles. The zero-order valence-electron chi connectivity index (χ0n) is 14.4. The minimum absolute atomic E-state index is 0.164. The van der Waals surface area contributed by atoms with Crippen LogP contribution < -0.4 is 5.32 Å². The first-order chi connectivity index (χ1) is 12.7. The summed E-state index contributed by atoms with van der Waals surface area (Å²) in [6.45, 7) is 1.85. The van der Waals surface area contributed by atoms with Gasteiger partial charge >= 0.3 is 0 Å². The minimum atomic E-state index is -0.164. The number of carbonyl (C=O) groups excluding carboxylic acids is 1. The fraction of sp³-hybridized carbons (Fsp3) is 0.0952. The molecule has 1 N–H and O–H groups in total. The van der Waals surface area contributed by atoms with Crippen LogP contribution >= 0.6 is 0 Å². The van der Waals surface area contributed by atoms with Gasteiger partial charge in [0.05, 0.1) is 5.69 Å². The first-order valence-corrected chi connectivity index (χ1v) is 8.43. The van der Waals surface area contributed by atoms with E-state index in [-0.39, 0.29) is 5.91 Å². The molecule has 0 saturated carbocycles. The molecule has 4 aromatic rings. The Kier molecular flexibility index (Phi) is 4.19. The highest BCUT2D eigenvalue weighted by Crippen LogP contribution is 2.17. The van der Waals surface area contributed by atoms with Crippen molar-refractivity contribution in [1.82, 2.24) is 14.4 Å². The smallest absolute Gasteiger partial charge is 0.274 e. The summed E-state index contributed by atoms with van der Waals surface area (Å²) in [6.07, 6.45) is 6.27. The van der Waals surface area contributed by atoms with Crippen LogP contribution in [0.2, 0.25) is 0 Å². The second kappa shape index (κ2) is 6.80. The van der Waals surface area contributed by atoms with E-state index >= 15 is 0 Å². The molecular weight excluding hydrogens is 324 g/mol. The molecule has 128 valence electrons. The van der Waals surface area contributed by atoms with Crippen LogP contribution in [0.5, 0.6) is 0 Å². The summed E-state index contributed by atoms with van der Waals surface area (Å²) in [7, 11) is 0. The van der Waals surface area contributed by atoms with E-state index in [2.05, 4.69) is 15.3 Å². The van der Waals surface area contributed by atoms with Crippen molar-refractivity contribution in [1.29, 1.82) is 0 Å². The molecule has 0 radical (unpaired) electrons. The number of hydrogen-bond acceptors (Lipinski definition) is 3. The van der Waals surface area contributed by atoms with Crippen molar-refractivity contribution in [2.24, 2.45) is 0 Å². The lowest BCUT2D eigenvalue weighted by Gasteiger charge is -2.07. The molecule has 0 fully saturated rings. The second-order valence-electron chi connectivity index (χ2n) is 6.16. The molecule has 3 heterocycles. The molecule has 1 amide bonds. The SMILES string of the molecule is Cc1nc2ccccn2c1C(=O)Nc1ccc(Cc2ccncc2)cc1. The van der Waals surface area contributed by atoms with Gasteiger partial charge in [0.1, 0.15) is 11.3 Å². The van der Waals surface area contributed by atoms with Crippen LogP contribution in [-0.4, -0.2) is 20.3 Å². The van der Waals surface area contributed by atoms with Gasteiger partial charge < -0.3 is 5.32 Å². The molecule has 26 heavy (non-hydrogen) atoms. The van der Waals surface area contributed by atoms with Crippen LogP contribution in [0.4, 0.5) is 5.69 Å². The van der Waals surface area contributed by atoms with E-state index in [0.29, 0.717) is 11.4 Å². The number of nitrogens with one attached hydrogen (secondary N) is 1. The van der Waals surface area contributed by atoms with Gasteiger partial charge in [-0.3, -0.25) is 14.2 Å². The summed E-state index contributed by atoms with van der Waals surface area (Å²) in [5.41, 5.74) is 5.18. The Bertz CT molecular complexity index is 1050. The maximum absolute atomic E-state index is 12.7. The van der Waals surface area contributed by atoms with Crippen molar-refractivity contribution in [3.63, 3.8) is 0 Å². The van der Waals surface area contributed by atoms with Crippen LogP contribution in [0.1, 0.15) is 27.3 Å². The summed E-state index contributed by atoms with van der Waals surface area (Å²) in [4.78, 5) is 21.2. The molecule has 0 unspecified atom stereocenters. The summed E-state index contributed by atoms with van der Waals surface area (Å²) in [5.74, 6) is -0.164. The number of nitrogens with zero attached hydrogens (tertiary/aromatic N) is 3. The summed E-state index contributed by atoms with van der Waals surface area (Å²) in [5, 5.41) is 2.96. The molecule has 4 rings (SSSR count). The normalized spacial score (nSPS) is 10.8. The number of aryl methyl sites for hydroxylation is 1. The van der Waals surface area contributed by atoms with E-state index in [1.165, 1.54) is 11.1 Å². The van der Waals surface area contributed by atoms with Gasteiger partial charge in [-0.25, -0.2) is 4.98 Å². The lowest BCUT2D eigenvalue weighted by Crippen LogP contribution is -2.15. The molecule has 1 aromatic carbocycles. The number of rotatable bonds is 4. The Balaban J connectivity index is 1.52. The lowest BCUT2D eigenvalue weighted by molar-refractivity contribution is 0.102. The predicted octanol–water partition coefficient (Wildman–Crippen LogP) is 3.88. The number of anilines is 1. The van der Waals surface area contributed by atoms with E-state index in [4.69, 9.17) is 0 Å². The molecule has 5 nitrogen and oxygen atoms in total. The largest absolute Gasteiger partial charge is 0.321 e. The van der Waals surface area contributed by atoms with Crippen LogP contribution in [0.25, 0.3) is 5.65 Å². The minimum Gasteiger partial charge on any atom is -0.321 e. The first-order valence-electron chi connectivity index (χ1n) is 8.43. The second-order valence-corrected chi connectivity index (χ2v) is 6.16. The van der Waals surface area contributed by atoms with Gasteiger partial charge in [0.15, 0.2) is 0 Å². The third-order valence-electron chi connectivity index (χ3n) is 4.29. The summed E-state index contributed by atoms with van der Waals surface area (Å²) < 4.78 is 1.81. The molecule has 5 heteroatoms. The number of fused-ring (bicyclic) bond motifs is 1. The highest BCUT2D eigenvalue weighted by molar-refractivity contribution is 6.04. The third kappa shape index (κ3) is 3.19. The predicted molar refractivity (Wildman–Crippen MR) is 101 cm³/mol. The van der Waals surface area contributed by atoms with Crippen molar-refractivity contribution in [2.45, 2.75) is 13.3 Å². The van der Waals surface area contributed by atoms with E-state index in [0.717, 1.165) is 17.8 Å². The fourth-order valence-electron chi connectivity index (χ4n) is 3.02. The number of hydrogen-bond donors (Lipinski definition) is 1. The van der Waals surface area contributed by atoms with Gasteiger partial charge in [0.25, 0.3) is 5.91 Å². The van der Waals surface area contributed by atoms with Gasteiger partial charge in [-0.2, -0.15) is 0 Å². The number of imidazole rings is 1. The molecule has 0 spiro atoms. The number of pyridine rings is 2. The third-order valence-corrected chi connectivity index (χ3v) is 4.29. The Morgan fingerprint density at radius 3 is 2.50 bits per heavy atom. The summed E-state index contributed by atoms with van der Waals surface area (Å²) >= 11 is 0. The number of benzene rings is 1. The van der Waals surface area contributed by atoms with Crippen molar-refractivity contribution >= 4 is 17.2 Å². The van der Waals surface area contributed by atoms with Crippen molar-refractivity contribution in [3.8, 4) is 0 Å². The zero-order valence-corrected chi connectivity index (χ0v) is 14.4. The number of amides is 1. The maximum Gasteiger partial charge on any atom is 0.274 e. The molecule has 0 bridgehead atoms. The van der Waals surface area contributed by atoms with Crippen molar-refractivity contribution < 1.29 is 4.79 Å². The van der Waals surface area contributed by atoms with Crippen LogP contribution in [-0.2, 0) is 6.42 Å². The quantitative estimate of drug-likeness (QED) is 0.612. The Morgan fingerprint density at radius 1 is 1.00 bits per heavy atom. The van der Waals surface area contributed by atoms with E-state index in [9.17, 15) is 4.79 Å². The number of carbonyl (C=O) groups is 1. The molecule has 0 atom stereocenters. The zero-order chi connectivity index (χ0) is 17.9. The average molecular weight is 342 g/mol. The molecule has 0 aliphatic carbocycles. The average Bonchev–Trinajstić information content (AvgIpc) is 3.00. The lowest BCUT2D eigenvalue weighted by atomic mass is 10.1. The Labute approximate surface area is 151 Å². The first kappa shape index (κ1) is 16.0. The summed E-state index contributed by atoms with van der Waals surface area (Å²) in [6, 6.07) is 17.6. The standard InChI is InChI=1S/C21H18N4O/c1-15-20(25-13-3-2-4-19(25)23-15)21(26)24-18-7-5-16(6-8-18)14-17-9-11-22-12-10-17/h2-13H,14H2,1H3,(H,24,26). The van der Waals surface area contributed by atoms with Crippen LogP contribution in [0.3, 0.4) is 0 Å². The van der Waals surface area contributed by atoms with Gasteiger partial charge in [-0.05, 0) is 60.9 Å². The van der Waals surface area contributed by atoms with E-state index < -0.39 is 0 Å². The van der Waals surface area contributed by atoms with Crippen molar-refractivity contribution in [3.05, 3.63) is 95.7 Å². The topological polar surface area (TPSA) is 59.3 Å². The van der Waals surface area contributed by atoms with E-state index in [1.807, 2.05) is 72.1 Å². The molecule has 3 aromatic heterocycles. The maximum atomic E-state index is 12.7. The number of aromatic nitrogens is 3. The van der Waals surface area contributed by atoms with Crippen molar-refractivity contribution in [2.75, 3.05) is 5.32 Å². The fourth-order valence-corrected chi connectivity index (χ4v) is 3.02.